The van der Waals surface area contributed by atoms with Gasteiger partial charge < -0.3 is 10.4 Å². The highest BCUT2D eigenvalue weighted by atomic mass is 32.1. The van der Waals surface area contributed by atoms with Gasteiger partial charge in [-0.3, -0.25) is 4.79 Å². The zero-order valence-electron chi connectivity index (χ0n) is 12.6. The Morgan fingerprint density at radius 3 is 2.17 bits per heavy atom. The topological polar surface area (TPSA) is 62.2 Å². The Bertz CT molecular complexity index is 743. The van der Waals surface area contributed by atoms with E-state index in [0.717, 1.165) is 21.7 Å². The molecule has 0 aliphatic carbocycles. The van der Waals surface area contributed by atoms with E-state index in [1.54, 1.807) is 6.92 Å². The largest absolute Gasteiger partial charge is 0.480 e. The third-order valence-corrected chi connectivity index (χ3v) is 4.46. The van der Waals surface area contributed by atoms with Gasteiger partial charge in [0.2, 0.25) is 0 Å². The van der Waals surface area contributed by atoms with Crippen LogP contribution in [0.15, 0.2) is 60.7 Å². The van der Waals surface area contributed by atoms with Crippen LogP contribution in [-0.4, -0.2) is 22.1 Å². The summed E-state index contributed by atoms with van der Waals surface area (Å²) in [4.78, 5) is 16.7. The zero-order chi connectivity index (χ0) is 16.2. The lowest BCUT2D eigenvalue weighted by molar-refractivity contribution is -0.137. The van der Waals surface area contributed by atoms with Crippen LogP contribution < -0.4 is 5.32 Å². The monoisotopic (exact) mass is 324 g/mol. The molecule has 1 heterocycles. The average Bonchev–Trinajstić information content (AvgIpc) is 3.00. The Balaban J connectivity index is 2.06. The van der Waals surface area contributed by atoms with Gasteiger partial charge in [-0.2, -0.15) is 0 Å². The molecule has 3 rings (SSSR count). The van der Waals surface area contributed by atoms with Crippen molar-refractivity contribution < 1.29 is 9.90 Å². The van der Waals surface area contributed by atoms with Crippen LogP contribution in [0.5, 0.6) is 0 Å². The molecule has 0 aliphatic heterocycles. The van der Waals surface area contributed by atoms with Crippen molar-refractivity contribution in [2.45, 2.75) is 13.0 Å². The van der Waals surface area contributed by atoms with Gasteiger partial charge in [0.1, 0.15) is 6.04 Å². The van der Waals surface area contributed by atoms with E-state index in [2.05, 4.69) is 10.3 Å². The third-order valence-electron chi connectivity index (χ3n) is 3.42. The number of benzene rings is 2. The van der Waals surface area contributed by atoms with Crippen molar-refractivity contribution in [2.75, 3.05) is 5.32 Å². The van der Waals surface area contributed by atoms with Crippen molar-refractivity contribution in [2.24, 2.45) is 0 Å². The van der Waals surface area contributed by atoms with E-state index < -0.39 is 12.0 Å². The van der Waals surface area contributed by atoms with Crippen LogP contribution in [0.4, 0.5) is 5.13 Å². The van der Waals surface area contributed by atoms with Gasteiger partial charge in [-0.15, -0.1) is 0 Å². The fraction of sp³-hybridized carbons (Fsp3) is 0.111. The average molecular weight is 324 g/mol. The van der Waals surface area contributed by atoms with Crippen LogP contribution in [0.25, 0.3) is 21.7 Å². The molecule has 23 heavy (non-hydrogen) atoms. The molecule has 0 fully saturated rings. The smallest absolute Gasteiger partial charge is 0.325 e. The lowest BCUT2D eigenvalue weighted by Gasteiger charge is -2.06. The van der Waals surface area contributed by atoms with Crippen molar-refractivity contribution in [1.29, 1.82) is 0 Å². The maximum atomic E-state index is 11.0. The minimum absolute atomic E-state index is 0.609. The molecule has 0 spiro atoms. The number of carboxylic acids is 1. The summed E-state index contributed by atoms with van der Waals surface area (Å²) in [6.45, 7) is 1.61. The quantitative estimate of drug-likeness (QED) is 0.732. The van der Waals surface area contributed by atoms with Crippen molar-refractivity contribution in [3.63, 3.8) is 0 Å². The molecule has 0 aliphatic rings. The maximum absolute atomic E-state index is 11.0. The van der Waals surface area contributed by atoms with Crippen molar-refractivity contribution >= 4 is 22.4 Å². The van der Waals surface area contributed by atoms with E-state index in [-0.39, 0.29) is 0 Å². The molecule has 116 valence electrons. The van der Waals surface area contributed by atoms with E-state index in [1.165, 1.54) is 11.3 Å². The first-order valence-electron chi connectivity index (χ1n) is 7.26. The van der Waals surface area contributed by atoms with Crippen molar-refractivity contribution in [1.82, 2.24) is 4.98 Å². The number of carboxylic acid groups (broad SMARTS) is 1. The first-order chi connectivity index (χ1) is 11.1. The highest BCUT2D eigenvalue weighted by Gasteiger charge is 2.18. The van der Waals surface area contributed by atoms with Gasteiger partial charge in [-0.25, -0.2) is 4.98 Å². The molecular formula is C18H16N2O2S. The molecule has 4 nitrogen and oxygen atoms in total. The van der Waals surface area contributed by atoms with Crippen molar-refractivity contribution in [3.8, 4) is 21.7 Å². The zero-order valence-corrected chi connectivity index (χ0v) is 13.4. The van der Waals surface area contributed by atoms with Gasteiger partial charge in [-0.1, -0.05) is 72.0 Å². The summed E-state index contributed by atoms with van der Waals surface area (Å²) in [6.07, 6.45) is 0. The molecule has 1 unspecified atom stereocenters. The Hall–Kier alpha value is -2.66. The van der Waals surface area contributed by atoms with Crippen LogP contribution in [0, 0.1) is 0 Å². The number of nitrogens with zero attached hydrogens (tertiary/aromatic N) is 1. The second-order valence-corrected chi connectivity index (χ2v) is 6.13. The minimum atomic E-state index is -0.900. The Morgan fingerprint density at radius 1 is 1.04 bits per heavy atom. The number of anilines is 1. The first-order valence-corrected chi connectivity index (χ1v) is 8.08. The summed E-state index contributed by atoms with van der Waals surface area (Å²) in [7, 11) is 0. The standard InChI is InChI=1S/C18H16N2O2S/c1-12(17(21)22)19-18-20-15(13-8-4-2-5-9-13)16(23-18)14-10-6-3-7-11-14/h2-12H,1H3,(H,19,20)(H,21,22). The highest BCUT2D eigenvalue weighted by Crippen LogP contribution is 2.39. The van der Waals surface area contributed by atoms with Gasteiger partial charge in [0.15, 0.2) is 5.13 Å². The Morgan fingerprint density at radius 2 is 1.61 bits per heavy atom. The Kier molecular flexibility index (Phi) is 4.39. The summed E-state index contributed by atoms with van der Waals surface area (Å²) < 4.78 is 0. The van der Waals surface area contributed by atoms with Crippen LogP contribution >= 0.6 is 11.3 Å². The molecule has 3 aromatic rings. The SMILES string of the molecule is CC(Nc1nc(-c2ccccc2)c(-c2ccccc2)s1)C(=O)O. The Labute approximate surface area is 138 Å². The van der Waals surface area contributed by atoms with Crippen LogP contribution in [-0.2, 0) is 4.79 Å². The number of hydrogen-bond donors (Lipinski definition) is 2. The number of aromatic nitrogens is 1. The number of aliphatic carboxylic acids is 1. The molecule has 0 bridgehead atoms. The lowest BCUT2D eigenvalue weighted by atomic mass is 10.1. The molecule has 0 saturated carbocycles. The number of nitrogens with one attached hydrogen (secondary N) is 1. The first kappa shape index (κ1) is 15.2. The van der Waals surface area contributed by atoms with E-state index in [9.17, 15) is 4.79 Å². The van der Waals surface area contributed by atoms with Gasteiger partial charge >= 0.3 is 5.97 Å². The summed E-state index contributed by atoms with van der Waals surface area (Å²) in [5.74, 6) is -0.900. The molecule has 0 amide bonds. The van der Waals surface area contributed by atoms with Crippen LogP contribution in [0.3, 0.4) is 0 Å². The molecule has 1 atom stereocenters. The predicted octanol–water partition coefficient (Wildman–Crippen LogP) is 4.36. The molecule has 0 saturated heterocycles. The van der Waals surface area contributed by atoms with Gasteiger partial charge in [0.05, 0.1) is 10.6 Å². The second-order valence-electron chi connectivity index (χ2n) is 5.13. The van der Waals surface area contributed by atoms with Crippen molar-refractivity contribution in [3.05, 3.63) is 60.7 Å². The van der Waals surface area contributed by atoms with Gasteiger partial charge in [-0.05, 0) is 12.5 Å². The lowest BCUT2D eigenvalue weighted by Crippen LogP contribution is -2.25. The van der Waals surface area contributed by atoms with E-state index in [0.29, 0.717) is 5.13 Å². The van der Waals surface area contributed by atoms with Gasteiger partial charge in [0, 0.05) is 5.56 Å². The van der Waals surface area contributed by atoms with Gasteiger partial charge in [0.25, 0.3) is 0 Å². The number of rotatable bonds is 5. The summed E-state index contributed by atoms with van der Waals surface area (Å²) in [6, 6.07) is 19.2. The number of carbonyl (C=O) groups is 1. The molecular weight excluding hydrogens is 308 g/mol. The molecule has 2 aromatic carbocycles. The highest BCUT2D eigenvalue weighted by molar-refractivity contribution is 7.19. The van der Waals surface area contributed by atoms with Crippen LogP contribution in [0.2, 0.25) is 0 Å². The summed E-state index contributed by atoms with van der Waals surface area (Å²) in [5, 5.41) is 12.6. The molecule has 1 aromatic heterocycles. The fourth-order valence-electron chi connectivity index (χ4n) is 2.21. The van der Waals surface area contributed by atoms with E-state index >= 15 is 0 Å². The molecule has 5 heteroatoms. The molecule has 2 N–H and O–H groups in total. The number of hydrogen-bond acceptors (Lipinski definition) is 4. The number of thiazole rings is 1. The third kappa shape index (κ3) is 3.40. The maximum Gasteiger partial charge on any atom is 0.325 e. The minimum Gasteiger partial charge on any atom is -0.480 e. The van der Waals surface area contributed by atoms with E-state index in [4.69, 9.17) is 5.11 Å². The summed E-state index contributed by atoms with van der Waals surface area (Å²) in [5.41, 5.74) is 2.94. The summed E-state index contributed by atoms with van der Waals surface area (Å²) >= 11 is 1.47. The normalized spacial score (nSPS) is 11.9. The molecule has 0 radical (unpaired) electrons. The predicted molar refractivity (Wildman–Crippen MR) is 93.7 cm³/mol. The second kappa shape index (κ2) is 6.62. The van der Waals surface area contributed by atoms with Crippen LogP contribution in [0.1, 0.15) is 6.92 Å². The van der Waals surface area contributed by atoms with E-state index in [1.807, 2.05) is 60.7 Å². The fourth-order valence-corrected chi connectivity index (χ4v) is 3.29.